The van der Waals surface area contributed by atoms with Crippen molar-refractivity contribution in [2.24, 2.45) is 0 Å². The highest BCUT2D eigenvalue weighted by atomic mass is 19.1. The molecule has 0 saturated heterocycles. The molecule has 1 unspecified atom stereocenters. The van der Waals surface area contributed by atoms with Crippen LogP contribution in [0.25, 0.3) is 0 Å². The number of aromatic hydroxyl groups is 1. The van der Waals surface area contributed by atoms with E-state index < -0.39 is 34.8 Å². The van der Waals surface area contributed by atoms with E-state index >= 15 is 0 Å². The van der Waals surface area contributed by atoms with Gasteiger partial charge in [-0.05, 0) is 30.5 Å². The molecule has 1 aromatic heterocycles. The monoisotopic (exact) mass is 415 g/mol. The van der Waals surface area contributed by atoms with Gasteiger partial charge in [-0.3, -0.25) is 18.7 Å². The zero-order chi connectivity index (χ0) is 21.4. The van der Waals surface area contributed by atoms with Gasteiger partial charge in [0.1, 0.15) is 12.1 Å². The van der Waals surface area contributed by atoms with E-state index in [1.54, 1.807) is 0 Å². The van der Waals surface area contributed by atoms with Crippen molar-refractivity contribution in [3.8, 4) is 5.75 Å². The molecule has 1 aliphatic carbocycles. The topological polar surface area (TPSA) is 102 Å². The van der Waals surface area contributed by atoms with Crippen molar-refractivity contribution >= 4 is 12.2 Å². The van der Waals surface area contributed by atoms with Crippen LogP contribution in [0, 0.1) is 5.82 Å². The summed E-state index contributed by atoms with van der Waals surface area (Å²) < 4.78 is 15.4. The fourth-order valence-corrected chi connectivity index (χ4v) is 4.44. The summed E-state index contributed by atoms with van der Waals surface area (Å²) in [6.07, 6.45) is 3.75. The van der Waals surface area contributed by atoms with Gasteiger partial charge >= 0.3 is 5.69 Å². The van der Waals surface area contributed by atoms with Gasteiger partial charge in [-0.25, -0.2) is 9.18 Å². The Balaban J connectivity index is 1.80. The molecule has 1 saturated carbocycles. The van der Waals surface area contributed by atoms with Gasteiger partial charge in [0.05, 0.1) is 6.04 Å². The third kappa shape index (κ3) is 3.34. The average molecular weight is 415 g/mol. The number of hydrogen-bond donors (Lipinski definition) is 1. The Kier molecular flexibility index (Phi) is 5.27. The van der Waals surface area contributed by atoms with Crippen LogP contribution < -0.4 is 11.2 Å². The van der Waals surface area contributed by atoms with E-state index in [0.717, 1.165) is 22.0 Å². The molecule has 1 aromatic carbocycles. The summed E-state index contributed by atoms with van der Waals surface area (Å²) in [5.74, 6) is -1.88. The standard InChI is InChI=1S/C21H22FN3O5/c22-14-7-5-13(6-8-14)11-23-16(9-10-26)12-24-17(19(23)28)18(27)20(29)25(21(24)30)15-3-1-2-4-15/h5-8,10,15-16,27H,1-4,9,11-12H2. The van der Waals surface area contributed by atoms with Crippen molar-refractivity contribution in [2.75, 3.05) is 0 Å². The Bertz CT molecular complexity index is 1100. The molecule has 2 heterocycles. The van der Waals surface area contributed by atoms with Crippen LogP contribution in [-0.2, 0) is 17.9 Å². The van der Waals surface area contributed by atoms with Gasteiger partial charge in [0.2, 0.25) is 5.75 Å². The first kappa shape index (κ1) is 20.1. The molecule has 0 radical (unpaired) electrons. The fourth-order valence-electron chi connectivity index (χ4n) is 4.44. The van der Waals surface area contributed by atoms with E-state index in [2.05, 4.69) is 0 Å². The van der Waals surface area contributed by atoms with Gasteiger partial charge in [-0.1, -0.05) is 25.0 Å². The van der Waals surface area contributed by atoms with Crippen LogP contribution in [-0.4, -0.2) is 37.4 Å². The molecule has 1 aliphatic heterocycles. The van der Waals surface area contributed by atoms with Gasteiger partial charge in [0.25, 0.3) is 11.5 Å². The van der Waals surface area contributed by atoms with Crippen LogP contribution in [0.2, 0.25) is 0 Å². The summed E-state index contributed by atoms with van der Waals surface area (Å²) in [5.41, 5.74) is -1.23. The zero-order valence-corrected chi connectivity index (χ0v) is 16.3. The molecule has 1 N–H and O–H groups in total. The van der Waals surface area contributed by atoms with E-state index in [9.17, 15) is 28.7 Å². The highest BCUT2D eigenvalue weighted by Crippen LogP contribution is 2.29. The Morgan fingerprint density at radius 1 is 1.10 bits per heavy atom. The molecule has 9 heteroatoms. The predicted molar refractivity (Wildman–Crippen MR) is 105 cm³/mol. The molecule has 8 nitrogen and oxygen atoms in total. The van der Waals surface area contributed by atoms with E-state index in [1.807, 2.05) is 0 Å². The highest BCUT2D eigenvalue weighted by Gasteiger charge is 2.38. The van der Waals surface area contributed by atoms with Crippen LogP contribution in [0.5, 0.6) is 5.75 Å². The van der Waals surface area contributed by atoms with Crippen molar-refractivity contribution in [3.63, 3.8) is 0 Å². The van der Waals surface area contributed by atoms with E-state index in [0.29, 0.717) is 24.7 Å². The maximum absolute atomic E-state index is 13.2. The number of amides is 1. The van der Waals surface area contributed by atoms with Crippen molar-refractivity contribution in [2.45, 2.75) is 57.3 Å². The number of aldehydes is 1. The number of aromatic nitrogens is 2. The molecular formula is C21H22FN3O5. The van der Waals surface area contributed by atoms with Gasteiger partial charge in [0, 0.05) is 25.6 Å². The SMILES string of the molecule is O=CCC1Cn2c(c(O)c(=O)n(C3CCCC3)c2=O)C(=O)N1Cc1ccc(F)cc1. The number of halogens is 1. The number of benzene rings is 1. The van der Waals surface area contributed by atoms with Gasteiger partial charge in [-0.15, -0.1) is 0 Å². The first-order chi connectivity index (χ1) is 14.4. The van der Waals surface area contributed by atoms with Gasteiger partial charge in [-0.2, -0.15) is 0 Å². The van der Waals surface area contributed by atoms with E-state index in [1.165, 1.54) is 29.2 Å². The number of nitrogens with zero attached hydrogens (tertiary/aromatic N) is 3. The second kappa shape index (κ2) is 7.89. The van der Waals surface area contributed by atoms with Crippen molar-refractivity contribution in [1.82, 2.24) is 14.0 Å². The fraction of sp³-hybridized carbons (Fsp3) is 0.429. The highest BCUT2D eigenvalue weighted by molar-refractivity contribution is 5.96. The predicted octanol–water partition coefficient (Wildman–Crippen LogP) is 1.58. The number of rotatable bonds is 5. The molecule has 2 aliphatic rings. The van der Waals surface area contributed by atoms with Crippen LogP contribution in [0.15, 0.2) is 33.9 Å². The second-order valence-corrected chi connectivity index (χ2v) is 7.82. The molecule has 1 atom stereocenters. The van der Waals surface area contributed by atoms with Crippen molar-refractivity contribution in [1.29, 1.82) is 0 Å². The molecule has 158 valence electrons. The molecule has 4 rings (SSSR count). The summed E-state index contributed by atoms with van der Waals surface area (Å²) in [4.78, 5) is 51.6. The smallest absolute Gasteiger partial charge is 0.332 e. The summed E-state index contributed by atoms with van der Waals surface area (Å²) in [6.45, 7) is 0.0390. The maximum atomic E-state index is 13.2. The number of carbonyl (C=O) groups excluding carboxylic acids is 2. The van der Waals surface area contributed by atoms with Crippen LogP contribution in [0.4, 0.5) is 4.39 Å². The number of hydrogen-bond acceptors (Lipinski definition) is 5. The molecule has 1 amide bonds. The van der Waals surface area contributed by atoms with Gasteiger partial charge < -0.3 is 14.8 Å². The van der Waals surface area contributed by atoms with Crippen molar-refractivity contribution < 1.29 is 19.1 Å². The molecule has 30 heavy (non-hydrogen) atoms. The average Bonchev–Trinajstić information content (AvgIpc) is 3.25. The first-order valence-electron chi connectivity index (χ1n) is 9.99. The molecule has 2 aromatic rings. The lowest BCUT2D eigenvalue weighted by Gasteiger charge is -2.37. The summed E-state index contributed by atoms with van der Waals surface area (Å²) in [5, 5.41) is 10.6. The minimum atomic E-state index is -0.859. The van der Waals surface area contributed by atoms with Gasteiger partial charge in [0.15, 0.2) is 5.69 Å². The van der Waals surface area contributed by atoms with Crippen LogP contribution in [0.3, 0.4) is 0 Å². The Morgan fingerprint density at radius 2 is 1.77 bits per heavy atom. The maximum Gasteiger partial charge on any atom is 0.332 e. The summed E-state index contributed by atoms with van der Waals surface area (Å²) in [6, 6.07) is 4.62. The second-order valence-electron chi connectivity index (χ2n) is 7.82. The van der Waals surface area contributed by atoms with Crippen LogP contribution in [0.1, 0.15) is 54.2 Å². The quantitative estimate of drug-likeness (QED) is 0.748. The minimum Gasteiger partial charge on any atom is -0.501 e. The zero-order valence-electron chi connectivity index (χ0n) is 16.3. The third-order valence-electron chi connectivity index (χ3n) is 5.97. The molecule has 0 bridgehead atoms. The summed E-state index contributed by atoms with van der Waals surface area (Å²) >= 11 is 0. The Hall–Kier alpha value is -3.23. The Morgan fingerprint density at radius 3 is 2.40 bits per heavy atom. The lowest BCUT2D eigenvalue weighted by Crippen LogP contribution is -2.54. The van der Waals surface area contributed by atoms with E-state index in [4.69, 9.17) is 0 Å². The van der Waals surface area contributed by atoms with E-state index in [-0.39, 0.29) is 31.2 Å². The number of carbonyl (C=O) groups is 2. The molecular weight excluding hydrogens is 393 g/mol. The normalized spacial score (nSPS) is 19.2. The van der Waals surface area contributed by atoms with Crippen LogP contribution >= 0.6 is 0 Å². The lowest BCUT2D eigenvalue weighted by atomic mass is 10.1. The lowest BCUT2D eigenvalue weighted by molar-refractivity contribution is -0.109. The first-order valence-corrected chi connectivity index (χ1v) is 9.99. The van der Waals surface area contributed by atoms with Crippen molar-refractivity contribution in [3.05, 3.63) is 62.2 Å². The summed E-state index contributed by atoms with van der Waals surface area (Å²) in [7, 11) is 0. The number of fused-ring (bicyclic) bond motifs is 1. The molecule has 1 fully saturated rings. The third-order valence-corrected chi connectivity index (χ3v) is 5.97. The Labute approximate surface area is 171 Å². The molecule has 0 spiro atoms. The minimum absolute atomic E-state index is 0.0118. The largest absolute Gasteiger partial charge is 0.501 e.